The van der Waals surface area contributed by atoms with Gasteiger partial charge in [0.2, 0.25) is 5.78 Å². The van der Waals surface area contributed by atoms with Crippen molar-refractivity contribution >= 4 is 17.7 Å². The van der Waals surface area contributed by atoms with Crippen molar-refractivity contribution in [2.75, 3.05) is 6.54 Å². The number of amides is 1. The van der Waals surface area contributed by atoms with Crippen molar-refractivity contribution in [3.63, 3.8) is 0 Å². The molecule has 1 saturated carbocycles. The molecule has 0 N–H and O–H groups in total. The number of hydrogen-bond donors (Lipinski definition) is 0. The molecule has 8 heteroatoms. The van der Waals surface area contributed by atoms with Crippen LogP contribution in [-0.4, -0.2) is 34.7 Å². The second-order valence-corrected chi connectivity index (χ2v) is 9.62. The number of likely N-dealkylation sites (tertiary alicyclic amines) is 1. The minimum atomic E-state index is -4.50. The minimum absolute atomic E-state index is 0.00909. The molecule has 174 valence electrons. The molecule has 1 amide bonds. The molecule has 33 heavy (non-hydrogen) atoms. The smallest absolute Gasteiger partial charge is 0.416 e. The van der Waals surface area contributed by atoms with E-state index in [0.29, 0.717) is 5.56 Å². The van der Waals surface area contributed by atoms with E-state index >= 15 is 0 Å². The Morgan fingerprint density at radius 2 is 1.64 bits per heavy atom. The number of halogens is 3. The van der Waals surface area contributed by atoms with Crippen LogP contribution in [0, 0.1) is 11.3 Å². The average molecular weight is 459 g/mol. The second kappa shape index (κ2) is 7.71. The zero-order chi connectivity index (χ0) is 24.2. The van der Waals surface area contributed by atoms with Crippen molar-refractivity contribution in [2.24, 2.45) is 11.3 Å². The molecule has 5 nitrogen and oxygen atoms in total. The van der Waals surface area contributed by atoms with Crippen molar-refractivity contribution in [2.45, 2.75) is 45.0 Å². The molecule has 3 atom stereocenters. The van der Waals surface area contributed by atoms with Crippen LogP contribution in [-0.2, 0) is 31.8 Å². The quantitative estimate of drug-likeness (QED) is 0.504. The van der Waals surface area contributed by atoms with E-state index in [2.05, 4.69) is 0 Å². The van der Waals surface area contributed by atoms with Gasteiger partial charge in [0.05, 0.1) is 16.9 Å². The molecule has 2 aromatic rings. The molecule has 1 spiro atoms. The second-order valence-electron chi connectivity index (χ2n) is 9.62. The summed E-state index contributed by atoms with van der Waals surface area (Å²) in [6.45, 7) is 5.28. The van der Waals surface area contributed by atoms with Gasteiger partial charge in [-0.3, -0.25) is 14.4 Å². The van der Waals surface area contributed by atoms with Crippen LogP contribution in [0.4, 0.5) is 13.2 Å². The highest BCUT2D eigenvalue weighted by Crippen LogP contribution is 2.68. The highest BCUT2D eigenvalue weighted by Gasteiger charge is 2.78. The predicted molar refractivity (Wildman–Crippen MR) is 113 cm³/mol. The Morgan fingerprint density at radius 3 is 2.18 bits per heavy atom. The summed E-state index contributed by atoms with van der Waals surface area (Å²) in [7, 11) is 0. The zero-order valence-corrected chi connectivity index (χ0v) is 18.5. The van der Waals surface area contributed by atoms with Crippen molar-refractivity contribution in [3.8, 4) is 0 Å². The van der Waals surface area contributed by atoms with Crippen LogP contribution >= 0.6 is 0 Å². The molecule has 1 heterocycles. The van der Waals surface area contributed by atoms with Gasteiger partial charge in [0.1, 0.15) is 5.60 Å². The SMILES string of the molecule is CC(C)(C)OC(=O)[C@@H]1[C@@H](c2ccc(C(F)(F)F)cc2)[C@]12CN(Cc1ccccc1)C(=O)C2=O. The molecule has 0 radical (unpaired) electrons. The molecule has 2 fully saturated rings. The van der Waals surface area contributed by atoms with Crippen molar-refractivity contribution in [1.82, 2.24) is 4.90 Å². The van der Waals surface area contributed by atoms with Gasteiger partial charge in [0, 0.05) is 19.0 Å². The maximum atomic E-state index is 13.2. The van der Waals surface area contributed by atoms with Gasteiger partial charge in [0.15, 0.2) is 0 Å². The standard InChI is InChI=1S/C25H24F3NO4/c1-23(2,3)33-22(32)19-18(16-9-11-17(12-10-16)25(26,27)28)24(19)14-29(21(31)20(24)30)13-15-7-5-4-6-8-15/h4-12,18-19H,13-14H2,1-3H3/t18-,19+,24-/m1/s1. The first-order chi connectivity index (χ1) is 15.3. The first kappa shape index (κ1) is 23.0. The number of rotatable bonds is 4. The van der Waals surface area contributed by atoms with Crippen molar-refractivity contribution in [3.05, 3.63) is 71.3 Å². The molecule has 1 aliphatic heterocycles. The number of esters is 1. The lowest BCUT2D eigenvalue weighted by molar-refractivity contribution is -0.158. The lowest BCUT2D eigenvalue weighted by Gasteiger charge is -2.20. The van der Waals surface area contributed by atoms with Crippen LogP contribution in [0.15, 0.2) is 54.6 Å². The molecule has 0 unspecified atom stereocenters. The van der Waals surface area contributed by atoms with E-state index in [4.69, 9.17) is 4.74 Å². The number of benzene rings is 2. The Bertz CT molecular complexity index is 1090. The van der Waals surface area contributed by atoms with Crippen LogP contribution in [0.3, 0.4) is 0 Å². The maximum absolute atomic E-state index is 13.2. The van der Waals surface area contributed by atoms with Gasteiger partial charge >= 0.3 is 12.1 Å². The Balaban J connectivity index is 1.68. The summed E-state index contributed by atoms with van der Waals surface area (Å²) in [4.78, 5) is 40.5. The van der Waals surface area contributed by atoms with E-state index in [-0.39, 0.29) is 13.1 Å². The van der Waals surface area contributed by atoms with E-state index in [9.17, 15) is 27.6 Å². The van der Waals surface area contributed by atoms with Gasteiger partial charge in [0.25, 0.3) is 5.91 Å². The largest absolute Gasteiger partial charge is 0.460 e. The van der Waals surface area contributed by atoms with E-state index in [1.165, 1.54) is 17.0 Å². The number of hydrogen-bond acceptors (Lipinski definition) is 4. The summed E-state index contributed by atoms with van der Waals surface area (Å²) in [5.74, 6) is -3.69. The fourth-order valence-corrected chi connectivity index (χ4v) is 4.73. The van der Waals surface area contributed by atoms with Gasteiger partial charge < -0.3 is 9.64 Å². The summed E-state index contributed by atoms with van der Waals surface area (Å²) in [6.07, 6.45) is -4.50. The van der Waals surface area contributed by atoms with Crippen LogP contribution in [0.5, 0.6) is 0 Å². The average Bonchev–Trinajstić information content (AvgIpc) is 3.34. The number of nitrogens with zero attached hydrogens (tertiary/aromatic N) is 1. The molecular formula is C25H24F3NO4. The summed E-state index contributed by atoms with van der Waals surface area (Å²) >= 11 is 0. The predicted octanol–water partition coefficient (Wildman–Crippen LogP) is 4.36. The van der Waals surface area contributed by atoms with E-state index < -0.39 is 52.3 Å². The third kappa shape index (κ3) is 4.14. The van der Waals surface area contributed by atoms with Crippen LogP contribution < -0.4 is 0 Å². The molecule has 1 aliphatic carbocycles. The zero-order valence-electron chi connectivity index (χ0n) is 18.5. The number of carbonyl (C=O) groups excluding carboxylic acids is 3. The molecule has 1 saturated heterocycles. The molecule has 4 rings (SSSR count). The fraction of sp³-hybridized carbons (Fsp3) is 0.400. The Labute approximate surface area is 189 Å². The van der Waals surface area contributed by atoms with Crippen LogP contribution in [0.25, 0.3) is 0 Å². The number of carbonyl (C=O) groups is 3. The molecule has 0 aromatic heterocycles. The van der Waals surface area contributed by atoms with Crippen molar-refractivity contribution in [1.29, 1.82) is 0 Å². The highest BCUT2D eigenvalue weighted by molar-refractivity contribution is 6.42. The number of ether oxygens (including phenoxy) is 1. The first-order valence-electron chi connectivity index (χ1n) is 10.6. The first-order valence-corrected chi connectivity index (χ1v) is 10.6. The lowest BCUT2D eigenvalue weighted by Crippen LogP contribution is -2.28. The molecule has 2 aromatic carbocycles. The van der Waals surface area contributed by atoms with E-state index in [1.807, 2.05) is 30.3 Å². The fourth-order valence-electron chi connectivity index (χ4n) is 4.73. The van der Waals surface area contributed by atoms with E-state index in [0.717, 1.165) is 17.7 Å². The van der Waals surface area contributed by atoms with Crippen molar-refractivity contribution < 1.29 is 32.3 Å². The summed E-state index contributed by atoms with van der Waals surface area (Å²) in [5.41, 5.74) is -1.75. The minimum Gasteiger partial charge on any atom is -0.460 e. The van der Waals surface area contributed by atoms with Gasteiger partial charge in [-0.15, -0.1) is 0 Å². The topological polar surface area (TPSA) is 63.7 Å². The normalized spacial score (nSPS) is 25.0. The van der Waals surface area contributed by atoms with Crippen LogP contribution in [0.1, 0.15) is 43.4 Å². The molecular weight excluding hydrogens is 435 g/mol. The molecule has 0 bridgehead atoms. The maximum Gasteiger partial charge on any atom is 0.416 e. The van der Waals surface area contributed by atoms with Gasteiger partial charge in [-0.1, -0.05) is 42.5 Å². The van der Waals surface area contributed by atoms with Crippen LogP contribution in [0.2, 0.25) is 0 Å². The third-order valence-corrected chi connectivity index (χ3v) is 6.16. The summed E-state index contributed by atoms with van der Waals surface area (Å²) in [6, 6.07) is 13.5. The van der Waals surface area contributed by atoms with E-state index in [1.54, 1.807) is 20.8 Å². The Kier molecular flexibility index (Phi) is 5.38. The monoisotopic (exact) mass is 459 g/mol. The van der Waals surface area contributed by atoms with Gasteiger partial charge in [-0.2, -0.15) is 13.2 Å². The third-order valence-electron chi connectivity index (χ3n) is 6.16. The number of Topliss-reactive ketones (excluding diaryl/α,β-unsaturated/α-hetero) is 1. The highest BCUT2D eigenvalue weighted by atomic mass is 19.4. The Morgan fingerprint density at radius 1 is 1.03 bits per heavy atom. The number of ketones is 1. The summed E-state index contributed by atoms with van der Waals surface area (Å²) < 4.78 is 44.6. The Hall–Kier alpha value is -3.16. The summed E-state index contributed by atoms with van der Waals surface area (Å²) in [5, 5.41) is 0. The molecule has 2 aliphatic rings. The van der Waals surface area contributed by atoms with Gasteiger partial charge in [-0.05, 0) is 44.0 Å². The number of alkyl halides is 3. The van der Waals surface area contributed by atoms with Gasteiger partial charge in [-0.25, -0.2) is 0 Å². The lowest BCUT2D eigenvalue weighted by atomic mass is 9.96.